The van der Waals surface area contributed by atoms with Gasteiger partial charge in [0.05, 0.1) is 17.6 Å². The van der Waals surface area contributed by atoms with Crippen LogP contribution in [0.15, 0.2) is 6.20 Å². The fourth-order valence-electron chi connectivity index (χ4n) is 1.33. The zero-order valence-electron chi connectivity index (χ0n) is 7.01. The Morgan fingerprint density at radius 3 is 3.17 bits per heavy atom. The molecular formula is C8H14N4. The van der Waals surface area contributed by atoms with Crippen molar-refractivity contribution < 1.29 is 0 Å². The predicted octanol–water partition coefficient (Wildman–Crippen LogP) is 0.658. The number of hydrogen-bond acceptors (Lipinski definition) is 3. The molecular weight excluding hydrogens is 152 g/mol. The van der Waals surface area contributed by atoms with Crippen LogP contribution >= 0.6 is 0 Å². The highest BCUT2D eigenvalue weighted by molar-refractivity contribution is 5.48. The monoisotopic (exact) mass is 166 g/mol. The first-order valence-electron chi connectivity index (χ1n) is 4.39. The maximum absolute atomic E-state index is 5.39. The van der Waals surface area contributed by atoms with Crippen molar-refractivity contribution in [3.05, 3.63) is 11.9 Å². The highest BCUT2D eigenvalue weighted by Crippen LogP contribution is 2.41. The molecule has 1 aromatic heterocycles. The van der Waals surface area contributed by atoms with Crippen molar-refractivity contribution in [1.29, 1.82) is 0 Å². The van der Waals surface area contributed by atoms with Gasteiger partial charge in [0.2, 0.25) is 0 Å². The van der Waals surface area contributed by atoms with Crippen molar-refractivity contribution in [2.45, 2.75) is 18.8 Å². The highest BCUT2D eigenvalue weighted by atomic mass is 15.1. The smallest absolute Gasteiger partial charge is 0.0759 e. The fraction of sp³-hybridized carbons (Fsp3) is 0.625. The number of nitrogens with zero attached hydrogens (tertiary/aromatic N) is 1. The zero-order valence-corrected chi connectivity index (χ0v) is 7.01. The van der Waals surface area contributed by atoms with E-state index in [2.05, 4.69) is 15.5 Å². The third-order valence-corrected chi connectivity index (χ3v) is 2.11. The average Bonchev–Trinajstić information content (AvgIpc) is 2.83. The van der Waals surface area contributed by atoms with Crippen molar-refractivity contribution >= 4 is 5.69 Å². The number of anilines is 1. The number of rotatable bonds is 4. The van der Waals surface area contributed by atoms with Gasteiger partial charge in [-0.2, -0.15) is 5.10 Å². The van der Waals surface area contributed by atoms with E-state index in [1.807, 2.05) is 6.20 Å². The summed E-state index contributed by atoms with van der Waals surface area (Å²) in [5.74, 6) is 0.716. The van der Waals surface area contributed by atoms with Crippen LogP contribution in [0, 0.1) is 0 Å². The lowest BCUT2D eigenvalue weighted by atomic mass is 10.2. The van der Waals surface area contributed by atoms with Gasteiger partial charge in [-0.25, -0.2) is 0 Å². The molecule has 0 aliphatic heterocycles. The van der Waals surface area contributed by atoms with Crippen LogP contribution in [-0.4, -0.2) is 23.3 Å². The number of aromatic nitrogens is 2. The molecule has 12 heavy (non-hydrogen) atoms. The summed E-state index contributed by atoms with van der Waals surface area (Å²) in [7, 11) is 0. The van der Waals surface area contributed by atoms with E-state index in [0.717, 1.165) is 12.2 Å². The highest BCUT2D eigenvalue weighted by Gasteiger charge is 2.27. The van der Waals surface area contributed by atoms with Crippen LogP contribution in [0.5, 0.6) is 0 Å². The molecule has 1 saturated carbocycles. The Hall–Kier alpha value is -1.03. The molecule has 1 aliphatic rings. The summed E-state index contributed by atoms with van der Waals surface area (Å²) >= 11 is 0. The van der Waals surface area contributed by atoms with Gasteiger partial charge in [0, 0.05) is 19.0 Å². The Bertz CT molecular complexity index is 251. The molecule has 66 valence electrons. The molecule has 0 unspecified atom stereocenters. The SMILES string of the molecule is NCCNc1cn[nH]c1C1CC1. The molecule has 2 rings (SSSR count). The largest absolute Gasteiger partial charge is 0.381 e. The number of hydrogen-bond donors (Lipinski definition) is 3. The van der Waals surface area contributed by atoms with E-state index in [9.17, 15) is 0 Å². The third kappa shape index (κ3) is 1.43. The molecule has 0 amide bonds. The molecule has 1 aliphatic carbocycles. The van der Waals surface area contributed by atoms with Crippen LogP contribution in [0.2, 0.25) is 0 Å². The molecule has 0 saturated heterocycles. The molecule has 0 radical (unpaired) electrons. The van der Waals surface area contributed by atoms with Gasteiger partial charge in [-0.15, -0.1) is 0 Å². The van der Waals surface area contributed by atoms with E-state index >= 15 is 0 Å². The standard InChI is InChI=1S/C8H14N4/c9-3-4-10-7-5-11-12-8(7)6-1-2-6/h5-6,10H,1-4,9H2,(H,11,12). The molecule has 1 heterocycles. The minimum absolute atomic E-state index is 0.662. The van der Waals surface area contributed by atoms with E-state index < -0.39 is 0 Å². The third-order valence-electron chi connectivity index (χ3n) is 2.11. The Morgan fingerprint density at radius 1 is 1.67 bits per heavy atom. The van der Waals surface area contributed by atoms with Crippen LogP contribution in [0.4, 0.5) is 5.69 Å². The Balaban J connectivity index is 2.03. The first-order valence-corrected chi connectivity index (χ1v) is 4.39. The quantitative estimate of drug-likeness (QED) is 0.615. The van der Waals surface area contributed by atoms with Crippen LogP contribution in [-0.2, 0) is 0 Å². The van der Waals surface area contributed by atoms with Gasteiger partial charge in [-0.1, -0.05) is 0 Å². The summed E-state index contributed by atoms with van der Waals surface area (Å²) in [4.78, 5) is 0. The second kappa shape index (κ2) is 3.15. The lowest BCUT2D eigenvalue weighted by Gasteiger charge is -2.03. The number of nitrogens with one attached hydrogen (secondary N) is 2. The summed E-state index contributed by atoms with van der Waals surface area (Å²) in [6, 6.07) is 0. The molecule has 1 fully saturated rings. The van der Waals surface area contributed by atoms with Crippen molar-refractivity contribution in [1.82, 2.24) is 10.2 Å². The molecule has 4 heteroatoms. The maximum Gasteiger partial charge on any atom is 0.0759 e. The van der Waals surface area contributed by atoms with Crippen molar-refractivity contribution in [3.63, 3.8) is 0 Å². The lowest BCUT2D eigenvalue weighted by Crippen LogP contribution is -2.13. The molecule has 0 spiro atoms. The lowest BCUT2D eigenvalue weighted by molar-refractivity contribution is 0.959. The van der Waals surface area contributed by atoms with Gasteiger partial charge in [0.25, 0.3) is 0 Å². The van der Waals surface area contributed by atoms with Gasteiger partial charge in [0.15, 0.2) is 0 Å². The molecule has 0 atom stereocenters. The van der Waals surface area contributed by atoms with Crippen molar-refractivity contribution in [2.24, 2.45) is 5.73 Å². The summed E-state index contributed by atoms with van der Waals surface area (Å²) in [6.45, 7) is 1.48. The number of nitrogens with two attached hydrogens (primary N) is 1. The summed E-state index contributed by atoms with van der Waals surface area (Å²) in [5.41, 5.74) is 7.77. The van der Waals surface area contributed by atoms with E-state index in [-0.39, 0.29) is 0 Å². The van der Waals surface area contributed by atoms with Gasteiger partial charge < -0.3 is 11.1 Å². The Kier molecular flexibility index (Phi) is 1.99. The molecule has 0 aromatic carbocycles. The van der Waals surface area contributed by atoms with Crippen LogP contribution < -0.4 is 11.1 Å². The van der Waals surface area contributed by atoms with Gasteiger partial charge in [0.1, 0.15) is 0 Å². The van der Waals surface area contributed by atoms with Crippen molar-refractivity contribution in [2.75, 3.05) is 18.4 Å². The van der Waals surface area contributed by atoms with Crippen LogP contribution in [0.3, 0.4) is 0 Å². The number of H-pyrrole nitrogens is 1. The van der Waals surface area contributed by atoms with E-state index in [1.54, 1.807) is 0 Å². The zero-order chi connectivity index (χ0) is 8.39. The minimum atomic E-state index is 0.662. The Labute approximate surface area is 71.5 Å². The van der Waals surface area contributed by atoms with Gasteiger partial charge >= 0.3 is 0 Å². The second-order valence-corrected chi connectivity index (χ2v) is 3.19. The number of aromatic amines is 1. The van der Waals surface area contributed by atoms with Crippen LogP contribution in [0.25, 0.3) is 0 Å². The van der Waals surface area contributed by atoms with E-state index in [1.165, 1.54) is 18.5 Å². The van der Waals surface area contributed by atoms with Crippen molar-refractivity contribution in [3.8, 4) is 0 Å². The summed E-state index contributed by atoms with van der Waals surface area (Å²) in [6.07, 6.45) is 4.42. The van der Waals surface area contributed by atoms with Gasteiger partial charge in [-0.05, 0) is 12.8 Å². The topological polar surface area (TPSA) is 66.7 Å². The fourth-order valence-corrected chi connectivity index (χ4v) is 1.33. The maximum atomic E-state index is 5.39. The van der Waals surface area contributed by atoms with Gasteiger partial charge in [-0.3, -0.25) is 5.10 Å². The Morgan fingerprint density at radius 2 is 2.50 bits per heavy atom. The summed E-state index contributed by atoms with van der Waals surface area (Å²) < 4.78 is 0. The van der Waals surface area contributed by atoms with E-state index in [0.29, 0.717) is 12.5 Å². The molecule has 4 N–H and O–H groups in total. The molecule has 4 nitrogen and oxygen atoms in total. The molecule has 1 aromatic rings. The minimum Gasteiger partial charge on any atom is -0.381 e. The normalized spacial score (nSPS) is 16.4. The van der Waals surface area contributed by atoms with E-state index in [4.69, 9.17) is 5.73 Å². The molecule has 0 bridgehead atoms. The first kappa shape index (κ1) is 7.61. The second-order valence-electron chi connectivity index (χ2n) is 3.19. The predicted molar refractivity (Wildman–Crippen MR) is 48.1 cm³/mol. The first-order chi connectivity index (χ1) is 5.92. The average molecular weight is 166 g/mol. The summed E-state index contributed by atoms with van der Waals surface area (Å²) in [5, 5.41) is 10.3. The van der Waals surface area contributed by atoms with Crippen LogP contribution in [0.1, 0.15) is 24.5 Å².